The fourth-order valence-corrected chi connectivity index (χ4v) is 3.63. The monoisotopic (exact) mass is 449 g/mol. The first-order valence-electron chi connectivity index (χ1n) is 10.3. The van der Waals surface area contributed by atoms with Crippen molar-refractivity contribution in [3.63, 3.8) is 0 Å². The largest absolute Gasteiger partial charge is 0.484 e. The summed E-state index contributed by atoms with van der Waals surface area (Å²) in [6.45, 7) is 6.71. The van der Waals surface area contributed by atoms with Crippen LogP contribution in [0.3, 0.4) is 0 Å². The van der Waals surface area contributed by atoms with E-state index in [1.54, 1.807) is 24.3 Å². The predicted octanol–water partition coefficient (Wildman–Crippen LogP) is 5.93. The molecule has 0 aliphatic carbocycles. The van der Waals surface area contributed by atoms with E-state index in [4.69, 9.17) is 20.8 Å². The molecule has 2 aromatic carbocycles. The molecule has 0 bridgehead atoms. The highest BCUT2D eigenvalue weighted by Crippen LogP contribution is 2.25. The summed E-state index contributed by atoms with van der Waals surface area (Å²) in [5.74, 6) is 0.950. The zero-order valence-electron chi connectivity index (χ0n) is 18.2. The van der Waals surface area contributed by atoms with E-state index in [-0.39, 0.29) is 18.3 Å². The molecule has 32 heavy (non-hydrogen) atoms. The van der Waals surface area contributed by atoms with Crippen LogP contribution < -0.4 is 10.1 Å². The third-order valence-electron chi connectivity index (χ3n) is 5.29. The maximum Gasteiger partial charge on any atom is 0.291 e. The Morgan fingerprint density at radius 2 is 1.81 bits per heavy atom. The van der Waals surface area contributed by atoms with Gasteiger partial charge in [-0.3, -0.25) is 9.48 Å². The zero-order chi connectivity index (χ0) is 22.7. The van der Waals surface area contributed by atoms with Crippen molar-refractivity contribution in [1.82, 2.24) is 9.78 Å². The molecule has 7 heteroatoms. The number of anilines is 1. The van der Waals surface area contributed by atoms with Crippen LogP contribution in [0.15, 0.2) is 65.1 Å². The molecule has 0 fully saturated rings. The number of benzene rings is 2. The lowest BCUT2D eigenvalue weighted by molar-refractivity contribution is 0.0992. The number of hydrogen-bond donors (Lipinski definition) is 1. The number of aryl methyl sites for hydroxylation is 2. The Balaban J connectivity index is 1.44. The van der Waals surface area contributed by atoms with E-state index in [0.29, 0.717) is 28.8 Å². The Bertz CT molecular complexity index is 1260. The molecule has 0 spiro atoms. The summed E-state index contributed by atoms with van der Waals surface area (Å²) in [6.07, 6.45) is 0. The highest BCUT2D eigenvalue weighted by atomic mass is 35.5. The van der Waals surface area contributed by atoms with Crippen LogP contribution in [-0.4, -0.2) is 15.7 Å². The van der Waals surface area contributed by atoms with Gasteiger partial charge in [-0.2, -0.15) is 5.10 Å². The van der Waals surface area contributed by atoms with Gasteiger partial charge in [0, 0.05) is 0 Å². The first kappa shape index (κ1) is 21.7. The van der Waals surface area contributed by atoms with Crippen molar-refractivity contribution in [3.05, 3.63) is 99.7 Å². The molecule has 0 saturated carbocycles. The number of para-hydroxylation sites is 1. The summed E-state index contributed by atoms with van der Waals surface area (Å²) >= 11 is 6.10. The molecular formula is C25H24ClN3O3. The fraction of sp³-hybridized carbons (Fsp3) is 0.200. The Kier molecular flexibility index (Phi) is 6.32. The number of carbonyl (C=O) groups is 1. The van der Waals surface area contributed by atoms with Gasteiger partial charge in [0.05, 0.1) is 28.6 Å². The van der Waals surface area contributed by atoms with Crippen LogP contribution >= 0.6 is 11.6 Å². The van der Waals surface area contributed by atoms with Crippen LogP contribution in [0.2, 0.25) is 5.02 Å². The van der Waals surface area contributed by atoms with Gasteiger partial charge in [-0.15, -0.1) is 0 Å². The van der Waals surface area contributed by atoms with Gasteiger partial charge in [0.1, 0.15) is 18.1 Å². The SMILES string of the molecule is Cc1ccccc1Cn1nc(C)c(NC(=O)c2ccc(COc3ccccc3Cl)o2)c1C. The summed E-state index contributed by atoms with van der Waals surface area (Å²) in [7, 11) is 0. The number of nitrogens with one attached hydrogen (secondary N) is 1. The second kappa shape index (κ2) is 9.32. The molecule has 4 rings (SSSR count). The molecular weight excluding hydrogens is 426 g/mol. The lowest BCUT2D eigenvalue weighted by atomic mass is 10.1. The number of nitrogens with zero attached hydrogens (tertiary/aromatic N) is 2. The second-order valence-electron chi connectivity index (χ2n) is 7.57. The smallest absolute Gasteiger partial charge is 0.291 e. The Hall–Kier alpha value is -3.51. The average molecular weight is 450 g/mol. The van der Waals surface area contributed by atoms with Crippen molar-refractivity contribution in [2.45, 2.75) is 33.9 Å². The Morgan fingerprint density at radius 1 is 1.06 bits per heavy atom. The van der Waals surface area contributed by atoms with Crippen LogP contribution in [0.4, 0.5) is 5.69 Å². The van der Waals surface area contributed by atoms with Gasteiger partial charge < -0.3 is 14.5 Å². The van der Waals surface area contributed by atoms with Crippen molar-refractivity contribution in [2.75, 3.05) is 5.32 Å². The summed E-state index contributed by atoms with van der Waals surface area (Å²) in [4.78, 5) is 12.8. The fourth-order valence-electron chi connectivity index (χ4n) is 3.44. The third-order valence-corrected chi connectivity index (χ3v) is 5.61. The van der Waals surface area contributed by atoms with E-state index in [0.717, 1.165) is 11.4 Å². The van der Waals surface area contributed by atoms with Gasteiger partial charge in [0.15, 0.2) is 5.76 Å². The highest BCUT2D eigenvalue weighted by Gasteiger charge is 2.18. The van der Waals surface area contributed by atoms with E-state index in [9.17, 15) is 4.79 Å². The minimum absolute atomic E-state index is 0.170. The van der Waals surface area contributed by atoms with E-state index in [1.165, 1.54) is 11.1 Å². The molecule has 0 radical (unpaired) electrons. The van der Waals surface area contributed by atoms with Gasteiger partial charge >= 0.3 is 0 Å². The molecule has 0 aliphatic heterocycles. The Morgan fingerprint density at radius 3 is 2.59 bits per heavy atom. The number of halogens is 1. The molecule has 0 atom stereocenters. The van der Waals surface area contributed by atoms with E-state index in [1.807, 2.05) is 42.8 Å². The predicted molar refractivity (Wildman–Crippen MR) is 124 cm³/mol. The number of amides is 1. The number of rotatable bonds is 7. The first-order chi connectivity index (χ1) is 15.4. The molecule has 2 heterocycles. The molecule has 1 N–H and O–H groups in total. The van der Waals surface area contributed by atoms with Crippen molar-refractivity contribution in [1.29, 1.82) is 0 Å². The molecule has 0 aliphatic rings. The van der Waals surface area contributed by atoms with Gasteiger partial charge in [-0.1, -0.05) is 48.0 Å². The molecule has 164 valence electrons. The van der Waals surface area contributed by atoms with Crippen molar-refractivity contribution in [2.24, 2.45) is 0 Å². The van der Waals surface area contributed by atoms with Gasteiger partial charge in [0.2, 0.25) is 0 Å². The number of aromatic nitrogens is 2. The van der Waals surface area contributed by atoms with Crippen LogP contribution in [0.5, 0.6) is 5.75 Å². The quantitative estimate of drug-likeness (QED) is 0.379. The van der Waals surface area contributed by atoms with Crippen LogP contribution in [-0.2, 0) is 13.2 Å². The topological polar surface area (TPSA) is 69.3 Å². The number of ether oxygens (including phenoxy) is 1. The first-order valence-corrected chi connectivity index (χ1v) is 10.7. The Labute approximate surface area is 191 Å². The molecule has 2 aromatic heterocycles. The minimum atomic E-state index is -0.337. The minimum Gasteiger partial charge on any atom is -0.484 e. The standard InChI is InChI=1S/C25H24ClN3O3/c1-16-8-4-5-9-19(16)14-29-18(3)24(17(2)28-29)27-25(30)23-13-12-20(32-23)15-31-22-11-7-6-10-21(22)26/h4-13H,14-15H2,1-3H3,(H,27,30). The maximum absolute atomic E-state index is 12.8. The summed E-state index contributed by atoms with van der Waals surface area (Å²) in [5, 5.41) is 8.06. The molecule has 6 nitrogen and oxygen atoms in total. The second-order valence-corrected chi connectivity index (χ2v) is 7.98. The number of furan rings is 1. The summed E-state index contributed by atoms with van der Waals surface area (Å²) in [6, 6.07) is 18.7. The number of hydrogen-bond acceptors (Lipinski definition) is 4. The van der Waals surface area contributed by atoms with Crippen molar-refractivity contribution >= 4 is 23.2 Å². The van der Waals surface area contributed by atoms with Crippen LogP contribution in [0.1, 0.15) is 38.8 Å². The molecule has 1 amide bonds. The number of carbonyl (C=O) groups excluding carboxylic acids is 1. The van der Waals surface area contributed by atoms with E-state index >= 15 is 0 Å². The van der Waals surface area contributed by atoms with Gasteiger partial charge in [-0.25, -0.2) is 0 Å². The zero-order valence-corrected chi connectivity index (χ0v) is 18.9. The highest BCUT2D eigenvalue weighted by molar-refractivity contribution is 6.32. The lowest BCUT2D eigenvalue weighted by Gasteiger charge is -2.08. The molecule has 0 saturated heterocycles. The maximum atomic E-state index is 12.8. The normalized spacial score (nSPS) is 10.9. The van der Waals surface area contributed by atoms with E-state index < -0.39 is 0 Å². The lowest BCUT2D eigenvalue weighted by Crippen LogP contribution is -2.12. The van der Waals surface area contributed by atoms with E-state index in [2.05, 4.69) is 29.5 Å². The van der Waals surface area contributed by atoms with Crippen molar-refractivity contribution in [3.8, 4) is 5.75 Å². The summed E-state index contributed by atoms with van der Waals surface area (Å²) < 4.78 is 13.2. The van der Waals surface area contributed by atoms with Gasteiger partial charge in [-0.05, 0) is 56.2 Å². The average Bonchev–Trinajstić information content (AvgIpc) is 3.35. The van der Waals surface area contributed by atoms with Crippen molar-refractivity contribution < 1.29 is 13.9 Å². The molecule has 4 aromatic rings. The van der Waals surface area contributed by atoms with Crippen LogP contribution in [0.25, 0.3) is 0 Å². The van der Waals surface area contributed by atoms with Crippen LogP contribution in [0, 0.1) is 20.8 Å². The van der Waals surface area contributed by atoms with Gasteiger partial charge in [0.25, 0.3) is 5.91 Å². The summed E-state index contributed by atoms with van der Waals surface area (Å²) in [5.41, 5.74) is 4.71. The third kappa shape index (κ3) is 4.70. The molecule has 0 unspecified atom stereocenters.